The van der Waals surface area contributed by atoms with Crippen LogP contribution in [0.4, 0.5) is 13.2 Å². The largest absolute Gasteiger partial charge is 0.496 e. The Labute approximate surface area is 196 Å². The van der Waals surface area contributed by atoms with Crippen LogP contribution in [0, 0.1) is 0 Å². The first-order chi connectivity index (χ1) is 13.8. The van der Waals surface area contributed by atoms with Gasteiger partial charge in [-0.3, -0.25) is 4.99 Å². The Balaban J connectivity index is 0.00000450. The van der Waals surface area contributed by atoms with Gasteiger partial charge in [-0.15, -0.1) is 35.3 Å². The molecule has 0 aliphatic heterocycles. The van der Waals surface area contributed by atoms with Gasteiger partial charge in [0.1, 0.15) is 5.75 Å². The van der Waals surface area contributed by atoms with E-state index in [4.69, 9.17) is 4.74 Å². The van der Waals surface area contributed by atoms with Crippen molar-refractivity contribution in [1.82, 2.24) is 20.5 Å². The molecule has 0 radical (unpaired) electrons. The molecule has 0 saturated carbocycles. The van der Waals surface area contributed by atoms with Crippen molar-refractivity contribution in [3.63, 3.8) is 0 Å². The Hall–Kier alpha value is -1.60. The van der Waals surface area contributed by atoms with Gasteiger partial charge in [0.15, 0.2) is 11.7 Å². The van der Waals surface area contributed by atoms with Crippen molar-refractivity contribution in [2.75, 3.05) is 41.3 Å². The maximum Gasteiger partial charge on any atom is 0.434 e. The van der Waals surface area contributed by atoms with Crippen LogP contribution in [0.15, 0.2) is 34.6 Å². The monoisotopic (exact) mass is 557 g/mol. The van der Waals surface area contributed by atoms with E-state index in [1.165, 1.54) is 0 Å². The minimum atomic E-state index is -4.40. The number of rotatable bonds is 8. The van der Waals surface area contributed by atoms with Crippen LogP contribution in [0.3, 0.4) is 0 Å². The summed E-state index contributed by atoms with van der Waals surface area (Å²) in [6.45, 7) is 0.994. The van der Waals surface area contributed by atoms with Crippen LogP contribution < -0.4 is 15.4 Å². The number of hydrogen-bond acceptors (Lipinski definition) is 5. The lowest BCUT2D eigenvalue weighted by atomic mass is 10.0. The Kier molecular flexibility index (Phi) is 10.8. The number of methoxy groups -OCH3 is 1. The van der Waals surface area contributed by atoms with Crippen LogP contribution in [0.25, 0.3) is 0 Å². The Morgan fingerprint density at radius 3 is 2.53 bits per heavy atom. The molecule has 1 atom stereocenters. The van der Waals surface area contributed by atoms with Gasteiger partial charge in [0.05, 0.1) is 18.2 Å². The molecule has 0 fully saturated rings. The number of alkyl halides is 3. The second kappa shape index (κ2) is 12.3. The predicted molar refractivity (Wildman–Crippen MR) is 125 cm³/mol. The number of nitrogens with zero attached hydrogens (tertiary/aromatic N) is 3. The van der Waals surface area contributed by atoms with Gasteiger partial charge in [0.25, 0.3) is 0 Å². The number of halogens is 4. The quantitative estimate of drug-likeness (QED) is 0.294. The number of likely N-dealkylation sites (N-methyl/N-ethyl adjacent to an activating group) is 1. The molecule has 0 bridgehead atoms. The van der Waals surface area contributed by atoms with E-state index >= 15 is 0 Å². The molecule has 0 amide bonds. The van der Waals surface area contributed by atoms with E-state index in [1.807, 2.05) is 38.4 Å². The molecular weight excluding hydrogens is 530 g/mol. The summed E-state index contributed by atoms with van der Waals surface area (Å²) in [6.07, 6.45) is -4.02. The molecule has 0 saturated heterocycles. The zero-order valence-corrected chi connectivity index (χ0v) is 20.4. The van der Waals surface area contributed by atoms with Gasteiger partial charge in [-0.05, 0) is 20.2 Å². The summed E-state index contributed by atoms with van der Waals surface area (Å²) in [5, 5.41) is 7.85. The summed E-state index contributed by atoms with van der Waals surface area (Å²) in [5.74, 6) is 1.37. The minimum Gasteiger partial charge on any atom is -0.496 e. The molecule has 1 aromatic heterocycles. The first kappa shape index (κ1) is 26.4. The van der Waals surface area contributed by atoms with Crippen LogP contribution >= 0.6 is 35.3 Å². The molecule has 0 aliphatic carbocycles. The Morgan fingerprint density at radius 1 is 1.27 bits per heavy atom. The van der Waals surface area contributed by atoms with Crippen molar-refractivity contribution in [3.8, 4) is 5.75 Å². The fraction of sp³-hybridized carbons (Fsp3) is 0.474. The van der Waals surface area contributed by atoms with E-state index in [1.54, 1.807) is 14.2 Å². The van der Waals surface area contributed by atoms with E-state index in [-0.39, 0.29) is 30.0 Å². The number of aliphatic imine (C=N–C) groups is 1. The third-order valence-corrected chi connectivity index (χ3v) is 5.19. The van der Waals surface area contributed by atoms with Crippen molar-refractivity contribution in [2.45, 2.75) is 18.6 Å². The number of para-hydroxylation sites is 1. The smallest absolute Gasteiger partial charge is 0.434 e. The molecule has 2 rings (SSSR count). The summed E-state index contributed by atoms with van der Waals surface area (Å²) >= 11 is 1.01. The fourth-order valence-corrected chi connectivity index (χ4v) is 3.58. The standard InChI is InChI=1S/C19H26F3N5OS.HI/c1-23-18(24-10-9-17-26-16(12-29-17)19(20,21)22)25-11-14(27(2)3)13-7-5-6-8-15(13)28-4;/h5-8,12,14H,9-11H2,1-4H3,(H2,23,24,25);1H. The fourth-order valence-electron chi connectivity index (χ4n) is 2.77. The number of hydrogen-bond donors (Lipinski definition) is 2. The number of guanidine groups is 1. The lowest BCUT2D eigenvalue weighted by Crippen LogP contribution is -2.42. The van der Waals surface area contributed by atoms with E-state index in [9.17, 15) is 13.2 Å². The molecule has 168 valence electrons. The Morgan fingerprint density at radius 2 is 1.97 bits per heavy atom. The molecule has 11 heteroatoms. The molecule has 6 nitrogen and oxygen atoms in total. The zero-order chi connectivity index (χ0) is 21.4. The zero-order valence-electron chi connectivity index (χ0n) is 17.3. The number of aromatic nitrogens is 1. The molecular formula is C19H27F3IN5OS. The van der Waals surface area contributed by atoms with Gasteiger partial charge in [-0.2, -0.15) is 13.2 Å². The number of thiazole rings is 1. The third-order valence-electron chi connectivity index (χ3n) is 4.28. The van der Waals surface area contributed by atoms with Crippen molar-refractivity contribution in [3.05, 3.63) is 45.9 Å². The van der Waals surface area contributed by atoms with Crippen molar-refractivity contribution in [1.29, 1.82) is 0 Å². The normalized spacial score (nSPS) is 13.0. The molecule has 2 N–H and O–H groups in total. The molecule has 30 heavy (non-hydrogen) atoms. The molecule has 1 unspecified atom stereocenters. The van der Waals surface area contributed by atoms with Crippen LogP contribution in [-0.2, 0) is 12.6 Å². The lowest BCUT2D eigenvalue weighted by Gasteiger charge is -2.27. The minimum absolute atomic E-state index is 0. The number of nitrogens with one attached hydrogen (secondary N) is 2. The lowest BCUT2D eigenvalue weighted by molar-refractivity contribution is -0.140. The van der Waals surface area contributed by atoms with Crippen LogP contribution in [-0.4, -0.2) is 57.2 Å². The van der Waals surface area contributed by atoms with Gasteiger partial charge in [0, 0.05) is 37.5 Å². The summed E-state index contributed by atoms with van der Waals surface area (Å²) in [7, 11) is 7.25. The number of benzene rings is 1. The number of ether oxygens (including phenoxy) is 1. The highest BCUT2D eigenvalue weighted by atomic mass is 127. The first-order valence-electron chi connectivity index (χ1n) is 9.01. The second-order valence-electron chi connectivity index (χ2n) is 6.48. The molecule has 1 heterocycles. The van der Waals surface area contributed by atoms with Gasteiger partial charge in [-0.25, -0.2) is 4.98 Å². The molecule has 2 aromatic rings. The SMILES string of the molecule is CN=C(NCCc1nc(C(F)(F)F)cs1)NCC(c1ccccc1OC)N(C)C.I. The Bertz CT molecular complexity index is 813. The van der Waals surface area contributed by atoms with Crippen molar-refractivity contribution >= 4 is 41.3 Å². The highest BCUT2D eigenvalue weighted by molar-refractivity contribution is 14.0. The maximum absolute atomic E-state index is 12.6. The van der Waals surface area contributed by atoms with Gasteiger partial charge in [-0.1, -0.05) is 18.2 Å². The average molecular weight is 557 g/mol. The summed E-state index contributed by atoms with van der Waals surface area (Å²) in [4.78, 5) is 9.89. The van der Waals surface area contributed by atoms with Gasteiger partial charge in [0.2, 0.25) is 0 Å². The van der Waals surface area contributed by atoms with E-state index in [0.717, 1.165) is 28.0 Å². The first-order valence-corrected chi connectivity index (χ1v) is 9.89. The van der Waals surface area contributed by atoms with Crippen molar-refractivity contribution in [2.24, 2.45) is 4.99 Å². The van der Waals surface area contributed by atoms with Crippen LogP contribution in [0.2, 0.25) is 0 Å². The highest BCUT2D eigenvalue weighted by Gasteiger charge is 2.33. The third kappa shape index (κ3) is 7.58. The summed E-state index contributed by atoms with van der Waals surface area (Å²) in [5.41, 5.74) is 0.205. The topological polar surface area (TPSA) is 61.8 Å². The van der Waals surface area contributed by atoms with Crippen molar-refractivity contribution < 1.29 is 17.9 Å². The average Bonchev–Trinajstić information content (AvgIpc) is 3.16. The van der Waals surface area contributed by atoms with E-state index in [2.05, 4.69) is 25.5 Å². The summed E-state index contributed by atoms with van der Waals surface area (Å²) < 4.78 is 43.3. The van der Waals surface area contributed by atoms with Crippen LogP contribution in [0.5, 0.6) is 5.75 Å². The second-order valence-corrected chi connectivity index (χ2v) is 7.42. The van der Waals surface area contributed by atoms with Crippen LogP contribution in [0.1, 0.15) is 22.3 Å². The molecule has 0 aliphatic rings. The molecule has 0 spiro atoms. The van der Waals surface area contributed by atoms with Gasteiger partial charge >= 0.3 is 6.18 Å². The maximum atomic E-state index is 12.6. The molecule has 1 aromatic carbocycles. The van der Waals surface area contributed by atoms with E-state index < -0.39 is 11.9 Å². The van der Waals surface area contributed by atoms with E-state index in [0.29, 0.717) is 30.5 Å². The highest BCUT2D eigenvalue weighted by Crippen LogP contribution is 2.30. The predicted octanol–water partition coefficient (Wildman–Crippen LogP) is 3.80. The summed E-state index contributed by atoms with van der Waals surface area (Å²) in [6, 6.07) is 7.86. The van der Waals surface area contributed by atoms with Gasteiger partial charge < -0.3 is 20.3 Å².